The molecule has 0 amide bonds. The van der Waals surface area contributed by atoms with Crippen LogP contribution < -0.4 is 14.2 Å². The van der Waals surface area contributed by atoms with Crippen molar-refractivity contribution in [2.24, 2.45) is 11.3 Å². The number of ether oxygens (including phenoxy) is 6. The summed E-state index contributed by atoms with van der Waals surface area (Å²) in [5.41, 5.74) is -0.814. The third-order valence-corrected chi connectivity index (χ3v) is 5.28. The van der Waals surface area contributed by atoms with Crippen molar-refractivity contribution in [3.05, 3.63) is 23.3 Å². The maximum atomic E-state index is 12.8. The lowest BCUT2D eigenvalue weighted by atomic mass is 9.80. The molecule has 1 aromatic rings. The molecule has 1 aliphatic rings. The Kier molecular flexibility index (Phi) is 7.90. The van der Waals surface area contributed by atoms with Crippen LogP contribution in [0.5, 0.6) is 17.2 Å². The lowest BCUT2D eigenvalue weighted by Gasteiger charge is -2.25. The summed E-state index contributed by atoms with van der Waals surface area (Å²) in [5, 5.41) is 0. The number of carbonyl (C=O) groups is 3. The Morgan fingerprint density at radius 1 is 0.968 bits per heavy atom. The van der Waals surface area contributed by atoms with Crippen LogP contribution in [0.15, 0.2) is 17.7 Å². The molecule has 0 N–H and O–H groups in total. The first-order valence-corrected chi connectivity index (χ1v) is 9.67. The predicted octanol–water partition coefficient (Wildman–Crippen LogP) is 2.40. The molecule has 170 valence electrons. The van der Waals surface area contributed by atoms with Crippen LogP contribution in [0.1, 0.15) is 25.3 Å². The zero-order valence-corrected chi connectivity index (χ0v) is 18.6. The fraction of sp³-hybridized carbons (Fsp3) is 0.500. The lowest BCUT2D eigenvalue weighted by molar-refractivity contribution is -0.166. The first kappa shape index (κ1) is 24.0. The molecule has 31 heavy (non-hydrogen) atoms. The zero-order chi connectivity index (χ0) is 23.2. The predicted molar refractivity (Wildman–Crippen MR) is 110 cm³/mol. The maximum absolute atomic E-state index is 12.8. The van der Waals surface area contributed by atoms with Gasteiger partial charge >= 0.3 is 17.9 Å². The van der Waals surface area contributed by atoms with Crippen molar-refractivity contribution in [3.8, 4) is 17.2 Å². The van der Waals surface area contributed by atoms with E-state index in [-0.39, 0.29) is 19.4 Å². The van der Waals surface area contributed by atoms with Crippen molar-refractivity contribution in [3.63, 3.8) is 0 Å². The average Bonchev–Trinajstić information content (AvgIpc) is 3.17. The molecule has 1 fully saturated rings. The maximum Gasteiger partial charge on any atom is 0.327 e. The highest BCUT2D eigenvalue weighted by molar-refractivity contribution is 6.06. The van der Waals surface area contributed by atoms with E-state index in [1.54, 1.807) is 25.1 Å². The number of rotatable bonds is 8. The first-order chi connectivity index (χ1) is 14.8. The summed E-state index contributed by atoms with van der Waals surface area (Å²) < 4.78 is 31.1. The van der Waals surface area contributed by atoms with Gasteiger partial charge in [0.2, 0.25) is 5.75 Å². The average molecular weight is 436 g/mol. The Labute approximate surface area is 181 Å². The fourth-order valence-corrected chi connectivity index (χ4v) is 3.87. The third-order valence-electron chi connectivity index (χ3n) is 5.28. The van der Waals surface area contributed by atoms with Gasteiger partial charge in [-0.05, 0) is 43.0 Å². The number of esters is 3. The molecule has 0 radical (unpaired) electrons. The molecule has 0 aliphatic heterocycles. The van der Waals surface area contributed by atoms with Gasteiger partial charge in [-0.25, -0.2) is 0 Å². The highest BCUT2D eigenvalue weighted by Crippen LogP contribution is 2.50. The number of carbonyl (C=O) groups excluding carboxylic acids is 3. The normalized spacial score (nSPS) is 18.3. The summed E-state index contributed by atoms with van der Waals surface area (Å²) in [7, 11) is 6.81. The van der Waals surface area contributed by atoms with Gasteiger partial charge in [0, 0.05) is 0 Å². The summed E-state index contributed by atoms with van der Waals surface area (Å²) in [6.45, 7) is 1.87. The van der Waals surface area contributed by atoms with Gasteiger partial charge in [0.05, 0.1) is 48.1 Å². The zero-order valence-electron chi connectivity index (χ0n) is 18.6. The number of hydrogen-bond acceptors (Lipinski definition) is 9. The molecule has 1 saturated carbocycles. The van der Waals surface area contributed by atoms with Crippen LogP contribution in [0.4, 0.5) is 0 Å². The van der Waals surface area contributed by atoms with Crippen molar-refractivity contribution in [2.75, 3.05) is 42.2 Å². The highest BCUT2D eigenvalue weighted by atomic mass is 16.6. The van der Waals surface area contributed by atoms with Gasteiger partial charge < -0.3 is 28.4 Å². The SMILES string of the molecule is CCOC(=O)C1C/C(=C\c2cc(OC)c(OC)c(OC)c2)C(C(=O)OC)(C(=O)OC)C1. The van der Waals surface area contributed by atoms with Gasteiger partial charge in [-0.2, -0.15) is 0 Å². The van der Waals surface area contributed by atoms with Crippen LogP contribution >= 0.6 is 0 Å². The van der Waals surface area contributed by atoms with E-state index in [1.807, 2.05) is 0 Å². The Hall–Kier alpha value is -3.23. The molecular weight excluding hydrogens is 408 g/mol. The molecule has 9 nitrogen and oxygen atoms in total. The van der Waals surface area contributed by atoms with Gasteiger partial charge in [-0.15, -0.1) is 0 Å². The molecule has 0 heterocycles. The second-order valence-electron chi connectivity index (χ2n) is 6.87. The van der Waals surface area contributed by atoms with Gasteiger partial charge in [0.1, 0.15) is 0 Å². The Balaban J connectivity index is 2.68. The van der Waals surface area contributed by atoms with Crippen LogP contribution in [0, 0.1) is 11.3 Å². The lowest BCUT2D eigenvalue weighted by Crippen LogP contribution is -2.41. The van der Waals surface area contributed by atoms with Crippen LogP contribution in [0.2, 0.25) is 0 Å². The monoisotopic (exact) mass is 436 g/mol. The molecular formula is C22H28O9. The van der Waals surface area contributed by atoms with E-state index in [0.717, 1.165) is 0 Å². The molecule has 1 atom stereocenters. The van der Waals surface area contributed by atoms with Crippen LogP contribution in [0.25, 0.3) is 6.08 Å². The van der Waals surface area contributed by atoms with Gasteiger partial charge in [-0.3, -0.25) is 14.4 Å². The summed E-state index contributed by atoms with van der Waals surface area (Å²) in [5.74, 6) is -1.60. The molecule has 0 spiro atoms. The minimum atomic E-state index is -1.76. The Bertz CT molecular complexity index is 831. The van der Waals surface area contributed by atoms with Crippen LogP contribution in [0.3, 0.4) is 0 Å². The number of methoxy groups -OCH3 is 5. The topological polar surface area (TPSA) is 107 Å². The second-order valence-corrected chi connectivity index (χ2v) is 6.87. The minimum Gasteiger partial charge on any atom is -0.493 e. The standard InChI is InChI=1S/C22H28O9/c1-7-31-19(23)14-11-15(22(12-14,20(24)29-5)21(25)30-6)8-13-9-16(26-2)18(28-4)17(10-13)27-3/h8-10,14H,7,11-12H2,1-6H3/b15-8+. The van der Waals surface area contributed by atoms with E-state index in [0.29, 0.717) is 28.4 Å². The second kappa shape index (κ2) is 10.2. The fourth-order valence-electron chi connectivity index (χ4n) is 3.87. The van der Waals surface area contributed by atoms with E-state index in [9.17, 15) is 14.4 Å². The van der Waals surface area contributed by atoms with Crippen molar-refractivity contribution in [1.82, 2.24) is 0 Å². The number of hydrogen-bond donors (Lipinski definition) is 0. The van der Waals surface area contributed by atoms with Crippen molar-refractivity contribution in [2.45, 2.75) is 19.8 Å². The molecule has 1 aromatic carbocycles. The number of benzene rings is 1. The van der Waals surface area contributed by atoms with E-state index < -0.39 is 29.2 Å². The molecule has 2 rings (SSSR count). The Morgan fingerprint density at radius 3 is 1.94 bits per heavy atom. The van der Waals surface area contributed by atoms with E-state index in [1.165, 1.54) is 35.5 Å². The molecule has 0 bridgehead atoms. The van der Waals surface area contributed by atoms with Gasteiger partial charge in [-0.1, -0.05) is 6.08 Å². The smallest absolute Gasteiger partial charge is 0.327 e. The van der Waals surface area contributed by atoms with Gasteiger partial charge in [0.15, 0.2) is 16.9 Å². The van der Waals surface area contributed by atoms with Crippen molar-refractivity contribution in [1.29, 1.82) is 0 Å². The summed E-state index contributed by atoms with van der Waals surface area (Å²) in [4.78, 5) is 38.1. The van der Waals surface area contributed by atoms with Crippen molar-refractivity contribution < 1.29 is 42.8 Å². The first-order valence-electron chi connectivity index (χ1n) is 9.67. The van der Waals surface area contributed by atoms with Crippen LogP contribution in [-0.4, -0.2) is 60.1 Å². The molecule has 0 aromatic heterocycles. The molecule has 0 saturated heterocycles. The van der Waals surface area contributed by atoms with E-state index >= 15 is 0 Å². The summed E-state index contributed by atoms with van der Waals surface area (Å²) in [6, 6.07) is 3.34. The van der Waals surface area contributed by atoms with E-state index in [4.69, 9.17) is 28.4 Å². The van der Waals surface area contributed by atoms with E-state index in [2.05, 4.69) is 0 Å². The molecule has 9 heteroatoms. The Morgan fingerprint density at radius 2 is 1.52 bits per heavy atom. The largest absolute Gasteiger partial charge is 0.493 e. The molecule has 1 unspecified atom stereocenters. The van der Waals surface area contributed by atoms with Crippen molar-refractivity contribution >= 4 is 24.0 Å². The summed E-state index contributed by atoms with van der Waals surface area (Å²) in [6.07, 6.45) is 1.65. The quantitative estimate of drug-likeness (QED) is 0.345. The van der Waals surface area contributed by atoms with Crippen LogP contribution in [-0.2, 0) is 28.6 Å². The van der Waals surface area contributed by atoms with Gasteiger partial charge in [0.25, 0.3) is 0 Å². The summed E-state index contributed by atoms with van der Waals surface area (Å²) >= 11 is 0. The highest BCUT2D eigenvalue weighted by Gasteiger charge is 2.58. The third kappa shape index (κ3) is 4.45. The minimum absolute atomic E-state index is 0.110. The molecule has 1 aliphatic carbocycles.